The van der Waals surface area contributed by atoms with E-state index in [0.29, 0.717) is 19.1 Å². The highest BCUT2D eigenvalue weighted by Crippen LogP contribution is 2.26. The Bertz CT molecular complexity index is 454. The summed E-state index contributed by atoms with van der Waals surface area (Å²) < 4.78 is 9.30. The zero-order valence-corrected chi connectivity index (χ0v) is 11.9. The van der Waals surface area contributed by atoms with Gasteiger partial charge < -0.3 is 9.57 Å². The van der Waals surface area contributed by atoms with E-state index in [9.17, 15) is 0 Å². The van der Waals surface area contributed by atoms with Crippen LogP contribution in [0.4, 0.5) is 0 Å². The summed E-state index contributed by atoms with van der Waals surface area (Å²) in [5.41, 5.74) is 1.91. The molecule has 0 N–H and O–H groups in total. The van der Waals surface area contributed by atoms with Crippen LogP contribution in [0, 0.1) is 5.92 Å². The van der Waals surface area contributed by atoms with Crippen molar-refractivity contribution in [3.63, 3.8) is 0 Å². The summed E-state index contributed by atoms with van der Waals surface area (Å²) >= 11 is 1.25. The number of hydrogen-bond donors (Lipinski definition) is 0. The van der Waals surface area contributed by atoms with Crippen LogP contribution in [0.1, 0.15) is 25.5 Å². The maximum atomic E-state index is 5.44. The summed E-state index contributed by atoms with van der Waals surface area (Å²) in [4.78, 5) is 7.87. The quantitative estimate of drug-likeness (QED) is 0.767. The molecule has 1 aromatic rings. The van der Waals surface area contributed by atoms with E-state index < -0.39 is 0 Å². The van der Waals surface area contributed by atoms with Gasteiger partial charge in [-0.2, -0.15) is 0 Å². The van der Waals surface area contributed by atoms with Gasteiger partial charge in [-0.25, -0.2) is 0 Å². The molecule has 1 aromatic heterocycles. The minimum atomic E-state index is 0.335. The average Bonchev–Trinajstić information content (AvgIpc) is 2.88. The Balaban J connectivity index is 1.56. The van der Waals surface area contributed by atoms with Crippen molar-refractivity contribution in [3.8, 4) is 5.06 Å². The van der Waals surface area contributed by atoms with Gasteiger partial charge in [-0.3, -0.25) is 4.90 Å². The molecule has 7 heteroatoms. The lowest BCUT2D eigenvalue weighted by Crippen LogP contribution is -2.47. The van der Waals surface area contributed by atoms with Crippen LogP contribution in [0.2, 0.25) is 0 Å². The number of ether oxygens (including phenoxy) is 1. The molecule has 0 saturated carbocycles. The summed E-state index contributed by atoms with van der Waals surface area (Å²) in [5.74, 6) is 0.616. The number of rotatable bonds is 5. The molecule has 6 nitrogen and oxygen atoms in total. The van der Waals surface area contributed by atoms with Gasteiger partial charge >= 0.3 is 0 Å². The topological polar surface area (TPSA) is 59.8 Å². The standard InChI is InChI=1S/C12H18N4O2S/c1-2-17-12-11(13-15-19-12)8-18-14-10-7-16-5-3-9(10)4-6-16/h9H,2-8H2,1H3/b14-10+. The lowest BCUT2D eigenvalue weighted by molar-refractivity contribution is 0.114. The minimum Gasteiger partial charge on any atom is -0.482 e. The molecule has 0 spiro atoms. The van der Waals surface area contributed by atoms with Gasteiger partial charge in [-0.15, -0.1) is 5.10 Å². The van der Waals surface area contributed by atoms with Crippen LogP contribution in [0.15, 0.2) is 5.16 Å². The number of nitrogens with zero attached hydrogens (tertiary/aromatic N) is 4. The second-order valence-corrected chi connectivity index (χ2v) is 5.56. The number of oxime groups is 1. The van der Waals surface area contributed by atoms with Gasteiger partial charge in [0.05, 0.1) is 12.3 Å². The van der Waals surface area contributed by atoms with Crippen LogP contribution < -0.4 is 4.74 Å². The predicted molar refractivity (Wildman–Crippen MR) is 72.5 cm³/mol. The van der Waals surface area contributed by atoms with Crippen LogP contribution in [0.3, 0.4) is 0 Å². The third-order valence-corrected chi connectivity index (χ3v) is 4.31. The summed E-state index contributed by atoms with van der Waals surface area (Å²) in [7, 11) is 0. The van der Waals surface area contributed by atoms with E-state index in [0.717, 1.165) is 17.3 Å². The van der Waals surface area contributed by atoms with Gasteiger partial charge in [0, 0.05) is 24.0 Å². The average molecular weight is 282 g/mol. The van der Waals surface area contributed by atoms with Crippen molar-refractivity contribution < 1.29 is 9.57 Å². The highest BCUT2D eigenvalue weighted by atomic mass is 32.1. The molecule has 104 valence electrons. The molecule has 0 aliphatic carbocycles. The molecule has 0 atom stereocenters. The van der Waals surface area contributed by atoms with Crippen molar-refractivity contribution in [2.75, 3.05) is 26.2 Å². The Morgan fingerprint density at radius 1 is 1.42 bits per heavy atom. The summed E-state index contributed by atoms with van der Waals surface area (Å²) in [6.07, 6.45) is 2.43. The van der Waals surface area contributed by atoms with E-state index in [1.807, 2.05) is 6.92 Å². The smallest absolute Gasteiger partial charge is 0.221 e. The first kappa shape index (κ1) is 12.8. The van der Waals surface area contributed by atoms with Crippen molar-refractivity contribution in [1.29, 1.82) is 0 Å². The Hall–Kier alpha value is -1.21. The van der Waals surface area contributed by atoms with Gasteiger partial charge in [0.15, 0.2) is 12.3 Å². The third-order valence-electron chi connectivity index (χ3n) is 3.62. The molecule has 3 aliphatic heterocycles. The SMILES string of the molecule is CCOc1snnc1CO/N=C1\CN2CCC1CC2. The lowest BCUT2D eigenvalue weighted by atomic mass is 9.87. The summed E-state index contributed by atoms with van der Waals surface area (Å²) in [6, 6.07) is 0. The number of aromatic nitrogens is 2. The highest BCUT2D eigenvalue weighted by Gasteiger charge is 2.31. The first-order chi connectivity index (χ1) is 9.36. The van der Waals surface area contributed by atoms with Gasteiger partial charge in [0.25, 0.3) is 0 Å². The molecule has 0 amide bonds. The lowest BCUT2D eigenvalue weighted by Gasteiger charge is -2.39. The maximum absolute atomic E-state index is 5.44. The number of fused-ring (bicyclic) bond motifs is 3. The van der Waals surface area contributed by atoms with Gasteiger partial charge in [-0.05, 0) is 32.9 Å². The molecule has 3 saturated heterocycles. The molecule has 0 aromatic carbocycles. The molecule has 19 heavy (non-hydrogen) atoms. The van der Waals surface area contributed by atoms with Gasteiger partial charge in [0.2, 0.25) is 5.06 Å². The first-order valence-corrected chi connectivity index (χ1v) is 7.49. The zero-order chi connectivity index (χ0) is 13.1. The fraction of sp³-hybridized carbons (Fsp3) is 0.750. The normalized spacial score (nSPS) is 27.7. The van der Waals surface area contributed by atoms with E-state index in [2.05, 4.69) is 19.6 Å². The monoisotopic (exact) mass is 282 g/mol. The molecule has 4 rings (SSSR count). The van der Waals surface area contributed by atoms with Crippen molar-refractivity contribution in [1.82, 2.24) is 14.5 Å². The number of piperidine rings is 3. The van der Waals surface area contributed by atoms with Crippen molar-refractivity contribution in [2.45, 2.75) is 26.4 Å². The Morgan fingerprint density at radius 2 is 2.26 bits per heavy atom. The Kier molecular flexibility index (Phi) is 3.93. The Morgan fingerprint density at radius 3 is 2.95 bits per heavy atom. The molecule has 2 bridgehead atoms. The van der Waals surface area contributed by atoms with Crippen LogP contribution in [-0.4, -0.2) is 46.4 Å². The fourth-order valence-electron chi connectivity index (χ4n) is 2.59. The molecule has 0 unspecified atom stereocenters. The first-order valence-electron chi connectivity index (χ1n) is 6.72. The molecule has 3 fully saturated rings. The number of hydrogen-bond acceptors (Lipinski definition) is 7. The molecular weight excluding hydrogens is 264 g/mol. The Labute approximate surface area is 116 Å². The summed E-state index contributed by atoms with van der Waals surface area (Å²) in [6.45, 7) is 6.25. The van der Waals surface area contributed by atoms with E-state index in [-0.39, 0.29) is 0 Å². The highest BCUT2D eigenvalue weighted by molar-refractivity contribution is 7.07. The van der Waals surface area contributed by atoms with Crippen molar-refractivity contribution in [2.24, 2.45) is 11.1 Å². The van der Waals surface area contributed by atoms with Crippen LogP contribution in [0.5, 0.6) is 5.06 Å². The van der Waals surface area contributed by atoms with Gasteiger partial charge in [-0.1, -0.05) is 9.64 Å². The van der Waals surface area contributed by atoms with Crippen molar-refractivity contribution >= 4 is 17.2 Å². The fourth-order valence-corrected chi connectivity index (χ4v) is 3.18. The molecule has 0 radical (unpaired) electrons. The molecule has 3 aliphatic rings. The predicted octanol–water partition coefficient (Wildman–Crippen LogP) is 1.53. The van der Waals surface area contributed by atoms with E-state index >= 15 is 0 Å². The second kappa shape index (κ2) is 5.83. The van der Waals surface area contributed by atoms with Crippen LogP contribution in [-0.2, 0) is 11.4 Å². The van der Waals surface area contributed by atoms with Gasteiger partial charge in [0.1, 0.15) is 0 Å². The molecule has 4 heterocycles. The maximum Gasteiger partial charge on any atom is 0.221 e. The third kappa shape index (κ3) is 2.87. The van der Waals surface area contributed by atoms with Crippen LogP contribution >= 0.6 is 11.5 Å². The van der Waals surface area contributed by atoms with E-state index in [1.54, 1.807) is 0 Å². The van der Waals surface area contributed by atoms with E-state index in [1.165, 1.54) is 43.2 Å². The van der Waals surface area contributed by atoms with Crippen molar-refractivity contribution in [3.05, 3.63) is 5.69 Å². The van der Waals surface area contributed by atoms with Crippen LogP contribution in [0.25, 0.3) is 0 Å². The second-order valence-electron chi connectivity index (χ2n) is 4.85. The molecular formula is C12H18N4O2S. The van der Waals surface area contributed by atoms with E-state index in [4.69, 9.17) is 9.57 Å². The minimum absolute atomic E-state index is 0.335. The zero-order valence-electron chi connectivity index (χ0n) is 11.0. The summed E-state index contributed by atoms with van der Waals surface area (Å²) in [5, 5.41) is 9.04. The largest absolute Gasteiger partial charge is 0.482 e.